The second-order valence-corrected chi connectivity index (χ2v) is 6.89. The summed E-state index contributed by atoms with van der Waals surface area (Å²) in [7, 11) is 0. The minimum atomic E-state index is -0.788. The predicted molar refractivity (Wildman–Crippen MR) is 107 cm³/mol. The molecular weight excluding hydrogens is 370 g/mol. The molecule has 0 atom stereocenters. The van der Waals surface area contributed by atoms with E-state index in [1.165, 1.54) is 18.2 Å². The van der Waals surface area contributed by atoms with Gasteiger partial charge in [-0.3, -0.25) is 14.4 Å². The van der Waals surface area contributed by atoms with Crippen LogP contribution in [-0.4, -0.2) is 48.0 Å². The summed E-state index contributed by atoms with van der Waals surface area (Å²) < 4.78 is 5.21. The van der Waals surface area contributed by atoms with E-state index in [9.17, 15) is 19.2 Å². The number of carbonyl (C=O) groups is 4. The number of ether oxygens (including phenoxy) is 1. The van der Waals surface area contributed by atoms with Gasteiger partial charge in [0.1, 0.15) is 0 Å². The summed E-state index contributed by atoms with van der Waals surface area (Å²) in [5.41, 5.74) is 0.792. The third kappa shape index (κ3) is 3.97. The van der Waals surface area contributed by atoms with Crippen LogP contribution < -0.4 is 0 Å². The van der Waals surface area contributed by atoms with Crippen molar-refractivity contribution in [2.45, 2.75) is 26.7 Å². The van der Waals surface area contributed by atoms with E-state index in [0.29, 0.717) is 18.7 Å². The van der Waals surface area contributed by atoms with Gasteiger partial charge in [0, 0.05) is 35.3 Å². The largest absolute Gasteiger partial charge is 0.452 e. The molecule has 0 spiro atoms. The fourth-order valence-corrected chi connectivity index (χ4v) is 3.51. The smallest absolute Gasteiger partial charge is 0.339 e. The minimum Gasteiger partial charge on any atom is -0.452 e. The molecule has 1 aliphatic rings. The quantitative estimate of drug-likeness (QED) is 0.576. The van der Waals surface area contributed by atoms with Gasteiger partial charge in [-0.05, 0) is 18.9 Å². The number of ketones is 2. The zero-order chi connectivity index (χ0) is 21.0. The second kappa shape index (κ2) is 8.82. The van der Waals surface area contributed by atoms with Gasteiger partial charge in [0.15, 0.2) is 18.2 Å². The summed E-state index contributed by atoms with van der Waals surface area (Å²) in [4.78, 5) is 52.4. The predicted octanol–water partition coefficient (Wildman–Crippen LogP) is 3.27. The number of rotatable bonds is 7. The van der Waals surface area contributed by atoms with E-state index in [0.717, 1.165) is 12.8 Å². The van der Waals surface area contributed by atoms with Gasteiger partial charge in [-0.1, -0.05) is 50.2 Å². The highest BCUT2D eigenvalue weighted by Crippen LogP contribution is 2.29. The van der Waals surface area contributed by atoms with Crippen LogP contribution >= 0.6 is 0 Å². The SMILES string of the molecule is CCCN(CCC)C(=O)COC(=O)c1cccc2c1C(=O)c1ccccc1C2=O. The summed E-state index contributed by atoms with van der Waals surface area (Å²) in [6, 6.07) is 11.0. The standard InChI is InChI=1S/C23H23NO5/c1-3-12-24(13-4-2)19(25)14-29-23(28)18-11-7-10-17-20(18)22(27)16-9-6-5-8-15(16)21(17)26/h5-11H,3-4,12-14H2,1-2H3. The highest BCUT2D eigenvalue weighted by molar-refractivity contribution is 6.30. The maximum atomic E-state index is 13.0. The van der Waals surface area contributed by atoms with Crippen molar-refractivity contribution in [2.24, 2.45) is 0 Å². The number of carbonyl (C=O) groups excluding carboxylic acids is 4. The molecule has 0 heterocycles. The molecule has 0 aliphatic heterocycles. The lowest BCUT2D eigenvalue weighted by atomic mass is 9.82. The van der Waals surface area contributed by atoms with E-state index in [4.69, 9.17) is 4.74 Å². The molecule has 0 N–H and O–H groups in total. The fraction of sp³-hybridized carbons (Fsp3) is 0.304. The van der Waals surface area contributed by atoms with Gasteiger partial charge in [-0.15, -0.1) is 0 Å². The van der Waals surface area contributed by atoms with Crippen molar-refractivity contribution in [3.63, 3.8) is 0 Å². The molecule has 29 heavy (non-hydrogen) atoms. The highest BCUT2D eigenvalue weighted by atomic mass is 16.5. The molecule has 0 saturated carbocycles. The van der Waals surface area contributed by atoms with Crippen LogP contribution in [0.1, 0.15) is 68.9 Å². The monoisotopic (exact) mass is 393 g/mol. The number of hydrogen-bond acceptors (Lipinski definition) is 5. The van der Waals surface area contributed by atoms with Gasteiger partial charge in [0.2, 0.25) is 0 Å². The van der Waals surface area contributed by atoms with Crippen LogP contribution in [0.3, 0.4) is 0 Å². The minimum absolute atomic E-state index is 0.000635. The Morgan fingerprint density at radius 2 is 1.41 bits per heavy atom. The molecule has 0 aromatic heterocycles. The van der Waals surface area contributed by atoms with Crippen molar-refractivity contribution in [3.8, 4) is 0 Å². The Balaban J connectivity index is 1.84. The van der Waals surface area contributed by atoms with Crippen molar-refractivity contribution in [3.05, 3.63) is 70.3 Å². The van der Waals surface area contributed by atoms with Gasteiger partial charge < -0.3 is 9.64 Å². The molecule has 0 fully saturated rings. The van der Waals surface area contributed by atoms with Crippen molar-refractivity contribution >= 4 is 23.4 Å². The molecule has 6 heteroatoms. The number of nitrogens with zero attached hydrogens (tertiary/aromatic N) is 1. The van der Waals surface area contributed by atoms with Crippen molar-refractivity contribution in [1.29, 1.82) is 0 Å². The zero-order valence-electron chi connectivity index (χ0n) is 16.6. The van der Waals surface area contributed by atoms with Crippen LogP contribution in [0, 0.1) is 0 Å². The van der Waals surface area contributed by atoms with Crippen LogP contribution in [-0.2, 0) is 9.53 Å². The zero-order valence-corrected chi connectivity index (χ0v) is 16.6. The fourth-order valence-electron chi connectivity index (χ4n) is 3.51. The van der Waals surface area contributed by atoms with Crippen LogP contribution in [0.15, 0.2) is 42.5 Å². The number of esters is 1. The normalized spacial score (nSPS) is 12.2. The molecular formula is C23H23NO5. The van der Waals surface area contributed by atoms with Crippen molar-refractivity contribution < 1.29 is 23.9 Å². The topological polar surface area (TPSA) is 80.8 Å². The number of fused-ring (bicyclic) bond motifs is 2. The number of benzene rings is 2. The third-order valence-electron chi connectivity index (χ3n) is 4.84. The molecule has 1 amide bonds. The van der Waals surface area contributed by atoms with E-state index in [1.807, 2.05) is 13.8 Å². The molecule has 2 aromatic rings. The van der Waals surface area contributed by atoms with Crippen LogP contribution in [0.5, 0.6) is 0 Å². The molecule has 0 radical (unpaired) electrons. The first-order valence-corrected chi connectivity index (χ1v) is 9.75. The van der Waals surface area contributed by atoms with Crippen LogP contribution in [0.4, 0.5) is 0 Å². The van der Waals surface area contributed by atoms with E-state index >= 15 is 0 Å². The van der Waals surface area contributed by atoms with Crippen molar-refractivity contribution in [2.75, 3.05) is 19.7 Å². The lowest BCUT2D eigenvalue weighted by Crippen LogP contribution is -2.36. The first kappa shape index (κ1) is 20.5. The van der Waals surface area contributed by atoms with Gasteiger partial charge in [-0.2, -0.15) is 0 Å². The number of amides is 1. The van der Waals surface area contributed by atoms with Gasteiger partial charge in [0.05, 0.1) is 5.56 Å². The Hall–Kier alpha value is -3.28. The summed E-state index contributed by atoms with van der Waals surface area (Å²) in [6.45, 7) is 4.72. The molecule has 0 saturated heterocycles. The van der Waals surface area contributed by atoms with Gasteiger partial charge in [0.25, 0.3) is 5.91 Å². The number of hydrogen-bond donors (Lipinski definition) is 0. The molecule has 0 unspecified atom stereocenters. The average molecular weight is 393 g/mol. The molecule has 1 aliphatic carbocycles. The summed E-state index contributed by atoms with van der Waals surface area (Å²) >= 11 is 0. The van der Waals surface area contributed by atoms with E-state index in [-0.39, 0.29) is 33.9 Å². The van der Waals surface area contributed by atoms with E-state index in [1.54, 1.807) is 29.2 Å². The molecule has 6 nitrogen and oxygen atoms in total. The van der Waals surface area contributed by atoms with Gasteiger partial charge in [-0.25, -0.2) is 4.79 Å². The average Bonchev–Trinajstić information content (AvgIpc) is 2.75. The Kier molecular flexibility index (Phi) is 6.22. The first-order valence-electron chi connectivity index (χ1n) is 9.75. The first-order chi connectivity index (χ1) is 14.0. The Labute approximate surface area is 169 Å². The van der Waals surface area contributed by atoms with Crippen molar-refractivity contribution in [1.82, 2.24) is 4.90 Å². The molecule has 150 valence electrons. The second-order valence-electron chi connectivity index (χ2n) is 6.89. The van der Waals surface area contributed by atoms with Crippen LogP contribution in [0.2, 0.25) is 0 Å². The van der Waals surface area contributed by atoms with Gasteiger partial charge >= 0.3 is 5.97 Å². The van der Waals surface area contributed by atoms with E-state index < -0.39 is 18.4 Å². The Bertz CT molecular complexity index is 973. The molecule has 0 bridgehead atoms. The summed E-state index contributed by atoms with van der Waals surface area (Å²) in [5, 5.41) is 0. The summed E-state index contributed by atoms with van der Waals surface area (Å²) in [6.07, 6.45) is 1.61. The lowest BCUT2D eigenvalue weighted by Gasteiger charge is -2.22. The van der Waals surface area contributed by atoms with Crippen LogP contribution in [0.25, 0.3) is 0 Å². The summed E-state index contributed by atoms with van der Waals surface area (Å²) in [5.74, 6) is -1.77. The molecule has 3 rings (SSSR count). The maximum absolute atomic E-state index is 13.0. The van der Waals surface area contributed by atoms with E-state index in [2.05, 4.69) is 0 Å². The Morgan fingerprint density at radius 1 is 0.828 bits per heavy atom. The lowest BCUT2D eigenvalue weighted by molar-refractivity contribution is -0.134. The Morgan fingerprint density at radius 3 is 2.03 bits per heavy atom. The highest BCUT2D eigenvalue weighted by Gasteiger charge is 2.33. The maximum Gasteiger partial charge on any atom is 0.339 e. The molecule has 2 aromatic carbocycles. The third-order valence-corrected chi connectivity index (χ3v) is 4.84.